The second-order valence-corrected chi connectivity index (χ2v) is 5.11. The number of anilines is 1. The molecule has 0 aromatic carbocycles. The van der Waals surface area contributed by atoms with Crippen LogP contribution in [-0.4, -0.2) is 33.8 Å². The van der Waals surface area contributed by atoms with Crippen LogP contribution >= 0.6 is 11.3 Å². The van der Waals surface area contributed by atoms with Crippen LogP contribution in [0.2, 0.25) is 0 Å². The molecule has 1 aromatic heterocycles. The average molecular weight is 253 g/mol. The first-order chi connectivity index (χ1) is 8.08. The lowest BCUT2D eigenvalue weighted by Gasteiger charge is -2.48. The lowest BCUT2D eigenvalue weighted by atomic mass is 9.85. The van der Waals surface area contributed by atoms with Crippen LogP contribution in [0.15, 0.2) is 11.6 Å². The Hall–Kier alpha value is -1.43. The highest BCUT2D eigenvalue weighted by atomic mass is 32.1. The monoisotopic (exact) mass is 253 g/mol. The van der Waals surface area contributed by atoms with Gasteiger partial charge in [-0.15, -0.1) is 11.3 Å². The molecule has 1 saturated heterocycles. The summed E-state index contributed by atoms with van der Waals surface area (Å²) in [6.07, 6.45) is 2.77. The molecule has 1 N–H and O–H groups in total. The second-order valence-electron chi connectivity index (χ2n) is 4.21. The SMILES string of the molecule is CCC(=O)N1CCC1(C)C(=O)Nc1nccs1. The Morgan fingerprint density at radius 1 is 1.65 bits per heavy atom. The maximum Gasteiger partial charge on any atom is 0.251 e. The topological polar surface area (TPSA) is 62.3 Å². The molecule has 1 atom stereocenters. The van der Waals surface area contributed by atoms with Gasteiger partial charge in [0.1, 0.15) is 5.54 Å². The minimum atomic E-state index is -0.710. The van der Waals surface area contributed by atoms with Crippen LogP contribution in [0.5, 0.6) is 0 Å². The van der Waals surface area contributed by atoms with E-state index in [0.717, 1.165) is 0 Å². The van der Waals surface area contributed by atoms with Gasteiger partial charge in [0.2, 0.25) is 5.91 Å². The summed E-state index contributed by atoms with van der Waals surface area (Å²) in [5.74, 6) is -0.131. The molecule has 0 bridgehead atoms. The van der Waals surface area contributed by atoms with Gasteiger partial charge in [0.15, 0.2) is 5.13 Å². The van der Waals surface area contributed by atoms with E-state index in [4.69, 9.17) is 0 Å². The first kappa shape index (κ1) is 12.0. The van der Waals surface area contributed by atoms with Crippen molar-refractivity contribution in [2.24, 2.45) is 0 Å². The summed E-state index contributed by atoms with van der Waals surface area (Å²) in [5.41, 5.74) is -0.710. The Kier molecular flexibility index (Phi) is 3.15. The highest BCUT2D eigenvalue weighted by Crippen LogP contribution is 2.32. The summed E-state index contributed by atoms with van der Waals surface area (Å²) in [5, 5.41) is 5.12. The smallest absolute Gasteiger partial charge is 0.251 e. The molecule has 2 rings (SSSR count). The van der Waals surface area contributed by atoms with Crippen LogP contribution in [0, 0.1) is 0 Å². The number of carbonyl (C=O) groups excluding carboxylic acids is 2. The summed E-state index contributed by atoms with van der Waals surface area (Å²) in [4.78, 5) is 29.4. The molecule has 1 fully saturated rings. The van der Waals surface area contributed by atoms with E-state index in [0.29, 0.717) is 24.5 Å². The van der Waals surface area contributed by atoms with Gasteiger partial charge in [-0.05, 0) is 13.3 Å². The normalized spacial score (nSPS) is 23.1. The van der Waals surface area contributed by atoms with E-state index in [-0.39, 0.29) is 11.8 Å². The molecule has 5 nitrogen and oxygen atoms in total. The second kappa shape index (κ2) is 4.44. The van der Waals surface area contributed by atoms with Crippen LogP contribution < -0.4 is 5.32 Å². The van der Waals surface area contributed by atoms with Crippen molar-refractivity contribution in [1.29, 1.82) is 0 Å². The molecule has 0 aliphatic carbocycles. The first-order valence-corrected chi connectivity index (χ1v) is 6.47. The van der Waals surface area contributed by atoms with E-state index in [1.807, 2.05) is 0 Å². The van der Waals surface area contributed by atoms with Gasteiger partial charge in [-0.3, -0.25) is 14.9 Å². The predicted octanol–water partition coefficient (Wildman–Crippen LogP) is 1.48. The van der Waals surface area contributed by atoms with E-state index < -0.39 is 5.54 Å². The summed E-state index contributed by atoms with van der Waals surface area (Å²) in [6, 6.07) is 0. The Bertz CT molecular complexity index is 432. The maximum atomic E-state index is 12.1. The Balaban J connectivity index is 2.06. The third-order valence-electron chi connectivity index (χ3n) is 3.16. The van der Waals surface area contributed by atoms with Crippen molar-refractivity contribution in [1.82, 2.24) is 9.88 Å². The zero-order chi connectivity index (χ0) is 12.5. The number of amides is 2. The third-order valence-corrected chi connectivity index (χ3v) is 3.85. The van der Waals surface area contributed by atoms with Crippen LogP contribution in [0.1, 0.15) is 26.7 Å². The third kappa shape index (κ3) is 2.04. The van der Waals surface area contributed by atoms with Gasteiger partial charge in [0, 0.05) is 24.5 Å². The van der Waals surface area contributed by atoms with Crippen LogP contribution in [0.3, 0.4) is 0 Å². The number of hydrogen-bond acceptors (Lipinski definition) is 4. The molecule has 6 heteroatoms. The fourth-order valence-corrected chi connectivity index (χ4v) is 2.43. The number of nitrogens with zero attached hydrogens (tertiary/aromatic N) is 2. The van der Waals surface area contributed by atoms with Gasteiger partial charge in [0.25, 0.3) is 5.91 Å². The van der Waals surface area contributed by atoms with E-state index >= 15 is 0 Å². The fourth-order valence-electron chi connectivity index (χ4n) is 1.90. The van der Waals surface area contributed by atoms with Crippen LogP contribution in [-0.2, 0) is 9.59 Å². The molecule has 1 aromatic rings. The van der Waals surface area contributed by atoms with Gasteiger partial charge in [-0.25, -0.2) is 4.98 Å². The van der Waals surface area contributed by atoms with Gasteiger partial charge in [0.05, 0.1) is 0 Å². The minimum absolute atomic E-state index is 0.0213. The molecule has 92 valence electrons. The molecular weight excluding hydrogens is 238 g/mol. The standard InChI is InChI=1S/C11H15N3O2S/c1-3-8(15)14-6-4-11(14,2)9(16)13-10-12-5-7-17-10/h5,7H,3-4,6H2,1-2H3,(H,12,13,16). The van der Waals surface area contributed by atoms with E-state index in [9.17, 15) is 9.59 Å². The van der Waals surface area contributed by atoms with Crippen LogP contribution in [0.25, 0.3) is 0 Å². The Morgan fingerprint density at radius 2 is 2.41 bits per heavy atom. The van der Waals surface area contributed by atoms with E-state index in [1.165, 1.54) is 11.3 Å². The maximum absolute atomic E-state index is 12.1. The van der Waals surface area contributed by atoms with Gasteiger partial charge >= 0.3 is 0 Å². The summed E-state index contributed by atoms with van der Waals surface area (Å²) in [6.45, 7) is 4.27. The largest absolute Gasteiger partial charge is 0.328 e. The van der Waals surface area contributed by atoms with Gasteiger partial charge in [-0.2, -0.15) is 0 Å². The summed E-state index contributed by atoms with van der Waals surface area (Å²) < 4.78 is 0. The number of carbonyl (C=O) groups is 2. The van der Waals surface area contributed by atoms with Crippen LogP contribution in [0.4, 0.5) is 5.13 Å². The zero-order valence-electron chi connectivity index (χ0n) is 9.90. The fraction of sp³-hybridized carbons (Fsp3) is 0.545. The van der Waals surface area contributed by atoms with Crippen molar-refractivity contribution in [2.45, 2.75) is 32.2 Å². The molecule has 17 heavy (non-hydrogen) atoms. The zero-order valence-corrected chi connectivity index (χ0v) is 10.7. The molecule has 1 aliphatic rings. The molecule has 1 aliphatic heterocycles. The van der Waals surface area contributed by atoms with Crippen molar-refractivity contribution >= 4 is 28.3 Å². The first-order valence-electron chi connectivity index (χ1n) is 5.59. The number of thiazole rings is 1. The Morgan fingerprint density at radius 3 is 2.88 bits per heavy atom. The van der Waals surface area contributed by atoms with Crippen molar-refractivity contribution in [3.8, 4) is 0 Å². The molecule has 2 heterocycles. The number of rotatable bonds is 3. The quantitative estimate of drug-likeness (QED) is 0.887. The number of likely N-dealkylation sites (tertiary alicyclic amines) is 1. The van der Waals surface area contributed by atoms with Gasteiger partial charge in [-0.1, -0.05) is 6.92 Å². The highest BCUT2D eigenvalue weighted by Gasteiger charge is 2.48. The number of nitrogens with one attached hydrogen (secondary N) is 1. The molecule has 2 amide bonds. The van der Waals surface area contributed by atoms with Crippen molar-refractivity contribution in [3.05, 3.63) is 11.6 Å². The Labute approximate surface area is 104 Å². The summed E-state index contributed by atoms with van der Waals surface area (Å²) in [7, 11) is 0. The molecular formula is C11H15N3O2S. The van der Waals surface area contributed by atoms with E-state index in [1.54, 1.807) is 30.3 Å². The lowest BCUT2D eigenvalue weighted by Crippen LogP contribution is -2.66. The highest BCUT2D eigenvalue weighted by molar-refractivity contribution is 7.13. The number of hydrogen-bond donors (Lipinski definition) is 1. The molecule has 0 spiro atoms. The lowest BCUT2D eigenvalue weighted by molar-refractivity contribution is -0.154. The van der Waals surface area contributed by atoms with Crippen molar-refractivity contribution in [2.75, 3.05) is 11.9 Å². The molecule has 0 saturated carbocycles. The van der Waals surface area contributed by atoms with E-state index in [2.05, 4.69) is 10.3 Å². The van der Waals surface area contributed by atoms with Gasteiger partial charge < -0.3 is 4.90 Å². The van der Waals surface area contributed by atoms with Crippen molar-refractivity contribution in [3.63, 3.8) is 0 Å². The number of aromatic nitrogens is 1. The summed E-state index contributed by atoms with van der Waals surface area (Å²) >= 11 is 1.37. The molecule has 1 unspecified atom stereocenters. The minimum Gasteiger partial charge on any atom is -0.328 e. The predicted molar refractivity (Wildman–Crippen MR) is 65.8 cm³/mol. The van der Waals surface area contributed by atoms with Crippen molar-refractivity contribution < 1.29 is 9.59 Å². The average Bonchev–Trinajstić information content (AvgIpc) is 2.78. The molecule has 0 radical (unpaired) electrons.